The molecule has 134 valence electrons. The molecule has 0 spiro atoms. The van der Waals surface area contributed by atoms with Gasteiger partial charge in [0.05, 0.1) is 16.5 Å². The van der Waals surface area contributed by atoms with Crippen LogP contribution in [0.5, 0.6) is 11.5 Å². The number of carbonyl (C=O) groups is 2. The second kappa shape index (κ2) is 7.91. The van der Waals surface area contributed by atoms with Crippen molar-refractivity contribution in [2.24, 2.45) is 0 Å². The molecule has 9 heteroatoms. The summed E-state index contributed by atoms with van der Waals surface area (Å²) in [5.41, 5.74) is 0.721. The van der Waals surface area contributed by atoms with Gasteiger partial charge in [0.15, 0.2) is 11.5 Å². The monoisotopic (exact) mass is 469 g/mol. The molecule has 0 N–H and O–H groups in total. The number of ether oxygens (including phenoxy) is 2. The molecule has 2 aromatic rings. The quantitative estimate of drug-likeness (QED) is 0.283. The highest BCUT2D eigenvalue weighted by molar-refractivity contribution is 9.10. The Kier molecular flexibility index (Phi) is 5.81. The Morgan fingerprint density at radius 2 is 2.15 bits per heavy atom. The molecule has 0 atom stereocenters. The predicted octanol–water partition coefficient (Wildman–Crippen LogP) is 4.57. The molecule has 0 aliphatic carbocycles. The maximum absolute atomic E-state index is 12.2. The number of thiophene rings is 1. The summed E-state index contributed by atoms with van der Waals surface area (Å²) in [7, 11) is 3.13. The van der Waals surface area contributed by atoms with Crippen LogP contribution in [0, 0.1) is 0 Å². The number of carbonyl (C=O) groups excluding carboxylic acids is 2. The van der Waals surface area contributed by atoms with Crippen LogP contribution in [0.4, 0.5) is 0 Å². The van der Waals surface area contributed by atoms with Gasteiger partial charge in [-0.15, -0.1) is 11.3 Å². The van der Waals surface area contributed by atoms with E-state index in [-0.39, 0.29) is 11.7 Å². The Bertz CT molecular complexity index is 924. The van der Waals surface area contributed by atoms with Gasteiger partial charge in [-0.05, 0) is 51.1 Å². The van der Waals surface area contributed by atoms with E-state index < -0.39 is 5.97 Å². The second-order valence-electron chi connectivity index (χ2n) is 5.14. The third-order valence-corrected chi connectivity index (χ3v) is 6.38. The molecule has 0 saturated carbocycles. The normalized spacial score (nSPS) is 15.7. The number of benzene rings is 1. The zero-order valence-electron chi connectivity index (χ0n) is 13.6. The summed E-state index contributed by atoms with van der Waals surface area (Å²) in [5, 5.41) is 1.80. The standard InChI is InChI=1S/C17H12BrNO4S3/c1-19-15(20)13(26-17(19)24)8-9-6-10(18)14(11(7-9)22-2)23-16(21)12-4-3-5-25-12/h3-8H,1-2H3/b13-8+. The number of esters is 1. The third-order valence-electron chi connectivity index (χ3n) is 3.45. The van der Waals surface area contributed by atoms with Gasteiger partial charge in [-0.1, -0.05) is 30.0 Å². The number of thioether (sulfide) groups is 1. The molecule has 5 nitrogen and oxygen atoms in total. The van der Waals surface area contributed by atoms with E-state index in [9.17, 15) is 9.59 Å². The summed E-state index contributed by atoms with van der Waals surface area (Å²) < 4.78 is 11.9. The minimum absolute atomic E-state index is 0.150. The van der Waals surface area contributed by atoms with E-state index in [2.05, 4.69) is 15.9 Å². The minimum Gasteiger partial charge on any atom is -0.493 e. The van der Waals surface area contributed by atoms with Gasteiger partial charge in [0.25, 0.3) is 5.91 Å². The van der Waals surface area contributed by atoms with E-state index in [1.54, 1.807) is 42.8 Å². The summed E-state index contributed by atoms with van der Waals surface area (Å²) >= 11 is 11.1. The van der Waals surface area contributed by atoms with Gasteiger partial charge in [0.2, 0.25) is 0 Å². The smallest absolute Gasteiger partial charge is 0.353 e. The first-order chi connectivity index (χ1) is 12.4. The van der Waals surface area contributed by atoms with E-state index in [1.807, 2.05) is 0 Å². The highest BCUT2D eigenvalue weighted by atomic mass is 79.9. The molecule has 2 heterocycles. The summed E-state index contributed by atoms with van der Waals surface area (Å²) in [6, 6.07) is 6.92. The van der Waals surface area contributed by atoms with Crippen molar-refractivity contribution < 1.29 is 19.1 Å². The predicted molar refractivity (Wildman–Crippen MR) is 111 cm³/mol. The van der Waals surface area contributed by atoms with Crippen LogP contribution >= 0.6 is 51.2 Å². The van der Waals surface area contributed by atoms with E-state index in [0.717, 1.165) is 5.56 Å². The number of hydrogen-bond acceptors (Lipinski definition) is 7. The van der Waals surface area contributed by atoms with Gasteiger partial charge in [0, 0.05) is 7.05 Å². The van der Waals surface area contributed by atoms with Crippen molar-refractivity contribution >= 4 is 73.5 Å². The van der Waals surface area contributed by atoms with E-state index in [1.165, 1.54) is 35.1 Å². The van der Waals surface area contributed by atoms with Gasteiger partial charge in [-0.2, -0.15) is 0 Å². The molecule has 1 amide bonds. The van der Waals surface area contributed by atoms with Crippen LogP contribution in [0.15, 0.2) is 39.0 Å². The minimum atomic E-state index is -0.460. The Labute approximate surface area is 172 Å². The molecule has 1 aliphatic rings. The summed E-state index contributed by atoms with van der Waals surface area (Å²) in [4.78, 5) is 26.8. The molecule has 0 bridgehead atoms. The van der Waals surface area contributed by atoms with E-state index in [0.29, 0.717) is 24.3 Å². The third kappa shape index (κ3) is 3.85. The number of amides is 1. The molecule has 0 radical (unpaired) electrons. The summed E-state index contributed by atoms with van der Waals surface area (Å²) in [6.45, 7) is 0. The van der Waals surface area contributed by atoms with Gasteiger partial charge < -0.3 is 9.47 Å². The Hall–Kier alpha value is -1.68. The lowest BCUT2D eigenvalue weighted by atomic mass is 10.2. The first kappa shape index (κ1) is 19.1. The molecule has 1 aliphatic heterocycles. The highest BCUT2D eigenvalue weighted by Crippen LogP contribution is 2.39. The molecular formula is C17H12BrNO4S3. The molecule has 1 saturated heterocycles. The van der Waals surface area contributed by atoms with Crippen LogP contribution in [-0.2, 0) is 4.79 Å². The van der Waals surface area contributed by atoms with Gasteiger partial charge in [-0.25, -0.2) is 4.79 Å². The number of likely N-dealkylation sites (N-methyl/N-ethyl adjacent to an activating group) is 1. The molecular weight excluding hydrogens is 458 g/mol. The average Bonchev–Trinajstić information content (AvgIpc) is 3.23. The van der Waals surface area contributed by atoms with Crippen molar-refractivity contribution in [3.05, 3.63) is 49.5 Å². The van der Waals surface area contributed by atoms with E-state index in [4.69, 9.17) is 21.7 Å². The lowest BCUT2D eigenvalue weighted by Gasteiger charge is -2.12. The fraction of sp³-hybridized carbons (Fsp3) is 0.118. The van der Waals surface area contributed by atoms with Crippen LogP contribution in [0.25, 0.3) is 6.08 Å². The maximum atomic E-state index is 12.2. The Morgan fingerprint density at radius 1 is 1.38 bits per heavy atom. The van der Waals surface area contributed by atoms with Crippen LogP contribution in [0.1, 0.15) is 15.2 Å². The van der Waals surface area contributed by atoms with Crippen molar-refractivity contribution in [2.45, 2.75) is 0 Å². The summed E-state index contributed by atoms with van der Waals surface area (Å²) in [6.07, 6.45) is 1.72. The first-order valence-corrected chi connectivity index (χ1v) is 10.1. The van der Waals surface area contributed by atoms with Crippen molar-refractivity contribution in [3.8, 4) is 11.5 Å². The number of hydrogen-bond donors (Lipinski definition) is 0. The lowest BCUT2D eigenvalue weighted by molar-refractivity contribution is -0.121. The molecule has 3 rings (SSSR count). The lowest BCUT2D eigenvalue weighted by Crippen LogP contribution is -2.22. The Morgan fingerprint density at radius 3 is 2.73 bits per heavy atom. The summed E-state index contributed by atoms with van der Waals surface area (Å²) in [5.74, 6) is 0.0514. The van der Waals surface area contributed by atoms with E-state index >= 15 is 0 Å². The van der Waals surface area contributed by atoms with Gasteiger partial charge >= 0.3 is 5.97 Å². The zero-order chi connectivity index (χ0) is 18.8. The molecule has 0 unspecified atom stereocenters. The number of rotatable bonds is 4. The second-order valence-corrected chi connectivity index (χ2v) is 8.62. The largest absolute Gasteiger partial charge is 0.493 e. The number of halogens is 1. The molecule has 1 fully saturated rings. The van der Waals surface area contributed by atoms with Crippen LogP contribution < -0.4 is 9.47 Å². The molecule has 26 heavy (non-hydrogen) atoms. The molecule has 1 aromatic carbocycles. The van der Waals surface area contributed by atoms with Crippen molar-refractivity contribution in [1.29, 1.82) is 0 Å². The van der Waals surface area contributed by atoms with Gasteiger partial charge in [0.1, 0.15) is 9.20 Å². The molecule has 1 aromatic heterocycles. The Balaban J connectivity index is 1.92. The van der Waals surface area contributed by atoms with Crippen molar-refractivity contribution in [2.75, 3.05) is 14.2 Å². The SMILES string of the molecule is COc1cc(/C=C2/SC(=S)N(C)C2=O)cc(Br)c1OC(=O)c1cccs1. The van der Waals surface area contributed by atoms with Crippen LogP contribution in [0.3, 0.4) is 0 Å². The van der Waals surface area contributed by atoms with Crippen LogP contribution in [0.2, 0.25) is 0 Å². The maximum Gasteiger partial charge on any atom is 0.353 e. The fourth-order valence-corrected chi connectivity index (χ4v) is 4.48. The van der Waals surface area contributed by atoms with Crippen LogP contribution in [-0.4, -0.2) is 35.3 Å². The highest BCUT2D eigenvalue weighted by Gasteiger charge is 2.29. The topological polar surface area (TPSA) is 55.8 Å². The average molecular weight is 470 g/mol. The number of methoxy groups -OCH3 is 1. The fourth-order valence-electron chi connectivity index (χ4n) is 2.16. The van der Waals surface area contributed by atoms with Crippen molar-refractivity contribution in [3.63, 3.8) is 0 Å². The number of nitrogens with zero attached hydrogens (tertiary/aromatic N) is 1. The van der Waals surface area contributed by atoms with Crippen molar-refractivity contribution in [1.82, 2.24) is 4.90 Å². The number of thiocarbonyl (C=S) groups is 1. The zero-order valence-corrected chi connectivity index (χ0v) is 17.7. The van der Waals surface area contributed by atoms with Gasteiger partial charge in [-0.3, -0.25) is 9.69 Å². The first-order valence-electron chi connectivity index (χ1n) is 7.25.